The first-order valence-corrected chi connectivity index (χ1v) is 12.6. The second kappa shape index (κ2) is 9.21. The summed E-state index contributed by atoms with van der Waals surface area (Å²) in [6, 6.07) is 11.2. The van der Waals surface area contributed by atoms with Gasteiger partial charge >= 0.3 is 6.09 Å². The molecule has 2 aromatic carbocycles. The number of fused-ring (bicyclic) bond motifs is 4. The van der Waals surface area contributed by atoms with Gasteiger partial charge in [0, 0.05) is 6.54 Å². The molecule has 6 heteroatoms. The van der Waals surface area contributed by atoms with Crippen molar-refractivity contribution in [3.8, 4) is 16.9 Å². The molecule has 34 heavy (non-hydrogen) atoms. The van der Waals surface area contributed by atoms with Gasteiger partial charge in [0.2, 0.25) is 0 Å². The second-order valence-corrected chi connectivity index (χ2v) is 10.6. The van der Waals surface area contributed by atoms with E-state index in [9.17, 15) is 9.18 Å². The fourth-order valence-corrected chi connectivity index (χ4v) is 5.87. The quantitative estimate of drug-likeness (QED) is 0.612. The number of aryl methyl sites for hydroxylation is 1. The molecule has 5 nitrogen and oxygen atoms in total. The molecule has 3 fully saturated rings. The molecule has 0 aromatic heterocycles. The van der Waals surface area contributed by atoms with Crippen LogP contribution in [-0.2, 0) is 11.2 Å². The summed E-state index contributed by atoms with van der Waals surface area (Å²) < 4.78 is 25.7. The van der Waals surface area contributed by atoms with Crippen LogP contribution in [0.1, 0.15) is 57.2 Å². The Morgan fingerprint density at radius 1 is 1.15 bits per heavy atom. The van der Waals surface area contributed by atoms with E-state index < -0.39 is 0 Å². The Morgan fingerprint density at radius 3 is 2.56 bits per heavy atom. The van der Waals surface area contributed by atoms with Crippen LogP contribution in [-0.4, -0.2) is 43.3 Å². The maximum Gasteiger partial charge on any atom is 0.407 e. The number of carbonyl (C=O) groups is 1. The molecule has 3 saturated heterocycles. The van der Waals surface area contributed by atoms with Crippen LogP contribution in [0.5, 0.6) is 5.75 Å². The number of amides is 1. The molecule has 2 aromatic rings. The van der Waals surface area contributed by atoms with Crippen LogP contribution in [0, 0.1) is 17.2 Å². The van der Waals surface area contributed by atoms with E-state index in [0.717, 1.165) is 62.0 Å². The number of piperidine rings is 3. The highest BCUT2D eigenvalue weighted by atomic mass is 19.1. The Hall–Kier alpha value is -2.60. The smallest absolute Gasteiger partial charge is 0.407 e. The number of benzene rings is 2. The number of alkyl carbamates (subject to hydrolysis) is 1. The fraction of sp³-hybridized carbons (Fsp3) is 0.536. The summed E-state index contributed by atoms with van der Waals surface area (Å²) >= 11 is 0. The molecular weight excluding hydrogens is 431 g/mol. The van der Waals surface area contributed by atoms with E-state index in [4.69, 9.17) is 9.47 Å². The third-order valence-electron chi connectivity index (χ3n) is 7.96. The third-order valence-corrected chi connectivity index (χ3v) is 7.96. The van der Waals surface area contributed by atoms with Gasteiger partial charge in [0.05, 0.1) is 12.6 Å². The zero-order valence-corrected chi connectivity index (χ0v) is 20.4. The molecule has 0 saturated carbocycles. The van der Waals surface area contributed by atoms with Crippen molar-refractivity contribution in [3.05, 3.63) is 53.3 Å². The number of halogens is 1. The number of hydrogen-bond acceptors (Lipinski definition) is 4. The highest BCUT2D eigenvalue weighted by molar-refractivity contribution is 5.70. The third kappa shape index (κ3) is 4.52. The molecule has 2 bridgehead atoms. The fourth-order valence-electron chi connectivity index (χ4n) is 5.87. The summed E-state index contributed by atoms with van der Waals surface area (Å²) in [5, 5.41) is 3.21. The first kappa shape index (κ1) is 23.2. The van der Waals surface area contributed by atoms with E-state index in [1.807, 2.05) is 19.1 Å². The molecule has 2 atom stereocenters. The van der Waals surface area contributed by atoms with Gasteiger partial charge in [0.25, 0.3) is 0 Å². The van der Waals surface area contributed by atoms with Crippen molar-refractivity contribution in [1.82, 2.24) is 10.2 Å². The van der Waals surface area contributed by atoms with Crippen molar-refractivity contribution in [2.24, 2.45) is 11.3 Å². The predicted octanol–water partition coefficient (Wildman–Crippen LogP) is 5.73. The molecule has 1 unspecified atom stereocenters. The van der Waals surface area contributed by atoms with Gasteiger partial charge in [-0.1, -0.05) is 38.1 Å². The van der Waals surface area contributed by atoms with Gasteiger partial charge in [-0.2, -0.15) is 0 Å². The molecule has 6 rings (SSSR count). The average molecular weight is 467 g/mol. The summed E-state index contributed by atoms with van der Waals surface area (Å²) in [4.78, 5) is 15.4. The average Bonchev–Trinajstić information content (AvgIpc) is 2.83. The largest absolute Gasteiger partial charge is 0.491 e. The number of ether oxygens (including phenoxy) is 2. The van der Waals surface area contributed by atoms with E-state index in [-0.39, 0.29) is 35.2 Å². The zero-order chi connectivity index (χ0) is 23.9. The highest BCUT2D eigenvalue weighted by Crippen LogP contribution is 2.44. The number of hydrogen-bond donors (Lipinski definition) is 1. The van der Waals surface area contributed by atoms with Crippen LogP contribution in [0.3, 0.4) is 0 Å². The lowest BCUT2D eigenvalue weighted by atomic mass is 9.70. The van der Waals surface area contributed by atoms with Crippen LogP contribution in [0.2, 0.25) is 0 Å². The summed E-state index contributed by atoms with van der Waals surface area (Å²) in [5.41, 5.74) is 4.01. The highest BCUT2D eigenvalue weighted by Gasteiger charge is 2.40. The van der Waals surface area contributed by atoms with Gasteiger partial charge in [-0.05, 0) is 91.4 Å². The van der Waals surface area contributed by atoms with E-state index in [2.05, 4.69) is 36.2 Å². The SMILES string of the molecule is CCOc1ccc(-c2ccc3c(c2)CCC(C)(C)C3NC(=O)O[C@@H]2CN3CCC2CC3)cc1F. The number of carbonyl (C=O) groups excluding carboxylic acids is 1. The maximum absolute atomic E-state index is 14.4. The minimum absolute atomic E-state index is 0.00870. The summed E-state index contributed by atoms with van der Waals surface area (Å²) in [6.45, 7) is 9.77. The normalized spacial score (nSPS) is 27.1. The molecule has 1 aliphatic carbocycles. The van der Waals surface area contributed by atoms with Crippen LogP contribution < -0.4 is 10.1 Å². The lowest BCUT2D eigenvalue weighted by molar-refractivity contribution is -0.0353. The molecule has 3 heterocycles. The first-order valence-electron chi connectivity index (χ1n) is 12.6. The molecule has 0 spiro atoms. The molecular formula is C28H35FN2O3. The summed E-state index contributed by atoms with van der Waals surface area (Å²) in [6.07, 6.45) is 3.77. The van der Waals surface area contributed by atoms with Crippen molar-refractivity contribution in [2.75, 3.05) is 26.2 Å². The van der Waals surface area contributed by atoms with Gasteiger partial charge in [-0.3, -0.25) is 4.90 Å². The van der Waals surface area contributed by atoms with Crippen LogP contribution in [0.25, 0.3) is 11.1 Å². The molecule has 0 radical (unpaired) electrons. The molecule has 182 valence electrons. The van der Waals surface area contributed by atoms with Gasteiger partial charge in [0.15, 0.2) is 11.6 Å². The summed E-state index contributed by atoms with van der Waals surface area (Å²) in [5.74, 6) is 0.407. The van der Waals surface area contributed by atoms with Gasteiger partial charge in [-0.15, -0.1) is 0 Å². The van der Waals surface area contributed by atoms with E-state index in [0.29, 0.717) is 12.5 Å². The Bertz CT molecular complexity index is 1060. The molecule has 3 aliphatic heterocycles. The Balaban J connectivity index is 1.34. The Morgan fingerprint density at radius 2 is 1.88 bits per heavy atom. The Labute approximate surface area is 201 Å². The molecule has 1 amide bonds. The lowest BCUT2D eigenvalue weighted by Crippen LogP contribution is -2.53. The standard InChI is InChI=1S/C28H35FN2O3/c1-4-33-24-8-6-20(16-23(24)29)19-5-7-22-21(15-19)9-12-28(2,3)26(22)30-27(32)34-25-17-31-13-10-18(25)11-14-31/h5-8,15-16,18,25-26H,4,9-14,17H2,1-3H3,(H,30,32)/t25-,26?/m1/s1. The van der Waals surface area contributed by atoms with E-state index >= 15 is 0 Å². The molecule has 4 aliphatic rings. The Kier molecular flexibility index (Phi) is 6.28. The van der Waals surface area contributed by atoms with Crippen molar-refractivity contribution >= 4 is 6.09 Å². The van der Waals surface area contributed by atoms with Gasteiger partial charge in [-0.25, -0.2) is 9.18 Å². The van der Waals surface area contributed by atoms with Crippen LogP contribution in [0.4, 0.5) is 9.18 Å². The number of nitrogens with zero attached hydrogens (tertiary/aromatic N) is 1. The van der Waals surface area contributed by atoms with Crippen LogP contribution in [0.15, 0.2) is 36.4 Å². The minimum atomic E-state index is -0.353. The summed E-state index contributed by atoms with van der Waals surface area (Å²) in [7, 11) is 0. The van der Waals surface area contributed by atoms with E-state index in [1.54, 1.807) is 6.07 Å². The topological polar surface area (TPSA) is 50.8 Å². The molecule has 1 N–H and O–H groups in total. The van der Waals surface area contributed by atoms with Gasteiger partial charge in [0.1, 0.15) is 6.10 Å². The lowest BCUT2D eigenvalue weighted by Gasteiger charge is -2.44. The van der Waals surface area contributed by atoms with Gasteiger partial charge < -0.3 is 14.8 Å². The number of rotatable bonds is 5. The van der Waals surface area contributed by atoms with E-state index in [1.165, 1.54) is 11.6 Å². The van der Waals surface area contributed by atoms with Crippen molar-refractivity contribution in [2.45, 2.75) is 58.6 Å². The van der Waals surface area contributed by atoms with Crippen molar-refractivity contribution < 1.29 is 18.7 Å². The number of nitrogens with one attached hydrogen (secondary N) is 1. The second-order valence-electron chi connectivity index (χ2n) is 10.6. The zero-order valence-electron chi connectivity index (χ0n) is 20.4. The first-order chi connectivity index (χ1) is 16.3. The monoisotopic (exact) mass is 466 g/mol. The maximum atomic E-state index is 14.4. The van der Waals surface area contributed by atoms with Crippen molar-refractivity contribution in [1.29, 1.82) is 0 Å². The van der Waals surface area contributed by atoms with Crippen molar-refractivity contribution in [3.63, 3.8) is 0 Å². The van der Waals surface area contributed by atoms with Crippen LogP contribution >= 0.6 is 0 Å². The predicted molar refractivity (Wildman–Crippen MR) is 130 cm³/mol. The minimum Gasteiger partial charge on any atom is -0.491 e.